The molecular formula is C41H31N2O7PS. The lowest BCUT2D eigenvalue weighted by molar-refractivity contribution is -0.384. The number of fused-ring (bicyclic) bond motifs is 1. The van der Waals surface area contributed by atoms with Gasteiger partial charge in [0.15, 0.2) is 0 Å². The van der Waals surface area contributed by atoms with E-state index in [0.717, 1.165) is 25.8 Å². The maximum Gasteiger partial charge on any atom is 0.338 e. The van der Waals surface area contributed by atoms with E-state index >= 15 is 4.79 Å². The topological polar surface area (TPSA) is 124 Å². The van der Waals surface area contributed by atoms with E-state index in [4.69, 9.17) is 4.74 Å². The summed E-state index contributed by atoms with van der Waals surface area (Å²) >= 11 is 0. The third kappa shape index (κ3) is 5.62. The molecule has 0 spiro atoms. The van der Waals surface area contributed by atoms with Crippen LogP contribution in [0.5, 0.6) is 0 Å². The lowest BCUT2D eigenvalue weighted by Crippen LogP contribution is -2.39. The molecule has 52 heavy (non-hydrogen) atoms. The summed E-state index contributed by atoms with van der Waals surface area (Å²) in [6.45, 7) is -1.39. The highest BCUT2D eigenvalue weighted by Crippen LogP contribution is 2.53. The molecule has 1 heterocycles. The van der Waals surface area contributed by atoms with Gasteiger partial charge in [-0.25, -0.2) is 13.2 Å². The van der Waals surface area contributed by atoms with Crippen molar-refractivity contribution >= 4 is 61.4 Å². The minimum absolute atomic E-state index is 0.0498. The molecule has 11 heteroatoms. The van der Waals surface area contributed by atoms with Gasteiger partial charge in [-0.1, -0.05) is 109 Å². The zero-order chi connectivity index (χ0) is 36.6. The van der Waals surface area contributed by atoms with Gasteiger partial charge in [0.05, 0.1) is 33.5 Å². The minimum atomic E-state index is -4.54. The van der Waals surface area contributed by atoms with E-state index in [9.17, 15) is 23.3 Å². The zero-order valence-corrected chi connectivity index (χ0v) is 29.8. The fourth-order valence-corrected chi connectivity index (χ4v) is 12.6. The van der Waals surface area contributed by atoms with Gasteiger partial charge in [0.1, 0.15) is 0 Å². The maximum absolute atomic E-state index is 15.5. The van der Waals surface area contributed by atoms with Crippen LogP contribution in [-0.4, -0.2) is 37.6 Å². The number of amides is 1. The first-order chi connectivity index (χ1) is 25.1. The number of anilines is 1. The Morgan fingerprint density at radius 3 is 1.67 bits per heavy atom. The number of hydrogen-bond donors (Lipinski definition) is 0. The monoisotopic (exact) mass is 726 g/mol. The van der Waals surface area contributed by atoms with Crippen LogP contribution in [0.15, 0.2) is 157 Å². The molecule has 1 aliphatic rings. The van der Waals surface area contributed by atoms with Gasteiger partial charge >= 0.3 is 5.97 Å². The summed E-state index contributed by atoms with van der Waals surface area (Å²) in [4.78, 5) is 39.9. The minimum Gasteiger partial charge on any atom is -0.465 e. The first-order valence-electron chi connectivity index (χ1n) is 16.2. The van der Waals surface area contributed by atoms with Gasteiger partial charge in [0.25, 0.3) is 21.6 Å². The van der Waals surface area contributed by atoms with Crippen molar-refractivity contribution in [3.05, 3.63) is 178 Å². The van der Waals surface area contributed by atoms with Crippen molar-refractivity contribution in [3.63, 3.8) is 0 Å². The van der Waals surface area contributed by atoms with Crippen LogP contribution < -0.4 is 20.2 Å². The lowest BCUT2D eigenvalue weighted by atomic mass is 9.96. The van der Waals surface area contributed by atoms with Crippen LogP contribution in [0.2, 0.25) is 0 Å². The first-order valence-corrected chi connectivity index (χ1v) is 19.4. The molecule has 0 bridgehead atoms. The molecule has 0 saturated heterocycles. The molecule has 0 radical (unpaired) electrons. The quantitative estimate of drug-likeness (QED) is 0.0749. The predicted molar refractivity (Wildman–Crippen MR) is 205 cm³/mol. The fraction of sp³-hybridized carbons (Fsp3) is 0.0488. The molecule has 7 rings (SSSR count). The smallest absolute Gasteiger partial charge is 0.338 e. The van der Waals surface area contributed by atoms with Crippen molar-refractivity contribution in [1.29, 1.82) is 0 Å². The lowest BCUT2D eigenvalue weighted by Gasteiger charge is -2.31. The van der Waals surface area contributed by atoms with Gasteiger partial charge in [-0.05, 0) is 77.2 Å². The average Bonchev–Trinajstić information content (AvgIpc) is 3.47. The van der Waals surface area contributed by atoms with E-state index in [1.807, 2.05) is 97.9 Å². The normalized spacial score (nSPS) is 12.8. The molecule has 0 saturated carbocycles. The molecule has 6 aromatic rings. The van der Waals surface area contributed by atoms with E-state index in [1.54, 1.807) is 12.1 Å². The Hall–Kier alpha value is -6.09. The van der Waals surface area contributed by atoms with E-state index in [-0.39, 0.29) is 38.3 Å². The zero-order valence-electron chi connectivity index (χ0n) is 28.0. The predicted octanol–water partition coefficient (Wildman–Crippen LogP) is 6.61. The molecule has 1 aliphatic heterocycles. The number of rotatable bonds is 8. The van der Waals surface area contributed by atoms with Gasteiger partial charge in [-0.3, -0.25) is 14.9 Å². The summed E-state index contributed by atoms with van der Waals surface area (Å²) in [6, 6.07) is 43.4. The molecule has 0 aromatic heterocycles. The van der Waals surface area contributed by atoms with Crippen molar-refractivity contribution in [2.75, 3.05) is 11.4 Å². The second kappa shape index (κ2) is 13.6. The molecule has 0 fully saturated rings. The highest BCUT2D eigenvalue weighted by atomic mass is 32.2. The first kappa shape index (κ1) is 34.4. The highest BCUT2D eigenvalue weighted by Gasteiger charge is 2.47. The highest BCUT2D eigenvalue weighted by molar-refractivity contribution is 7.98. The number of ether oxygens (including phenoxy) is 1. The number of carbonyl (C=O) groups excluding carboxylic acids is 2. The van der Waals surface area contributed by atoms with Crippen molar-refractivity contribution in [2.45, 2.75) is 11.8 Å². The number of esters is 1. The number of nitro groups is 1. The molecular weight excluding hydrogens is 695 g/mol. The van der Waals surface area contributed by atoms with Gasteiger partial charge in [-0.2, -0.15) is 4.31 Å². The van der Waals surface area contributed by atoms with Crippen molar-refractivity contribution in [3.8, 4) is 11.1 Å². The SMILES string of the molecule is COC(=O)c1cc2c(cc1-c1ccc([N+](=O)[O-])cc1)N(S(=O)(=O)c1ccc(C)cc1)C(=O)C2=P(c1ccccc1)(c1ccccc1)c1ccccc1. The summed E-state index contributed by atoms with van der Waals surface area (Å²) in [5.74, 6) is -1.48. The average molecular weight is 727 g/mol. The third-order valence-corrected chi connectivity index (χ3v) is 15.1. The number of nitrogens with zero attached hydrogens (tertiary/aromatic N) is 2. The van der Waals surface area contributed by atoms with Crippen molar-refractivity contribution in [2.24, 2.45) is 0 Å². The Morgan fingerprint density at radius 2 is 1.21 bits per heavy atom. The molecule has 0 N–H and O–H groups in total. The van der Waals surface area contributed by atoms with Crippen molar-refractivity contribution in [1.82, 2.24) is 0 Å². The van der Waals surface area contributed by atoms with Gasteiger partial charge < -0.3 is 4.74 Å². The second-order valence-electron chi connectivity index (χ2n) is 12.1. The molecule has 0 aliphatic carbocycles. The number of benzene rings is 6. The number of sulfonamides is 1. The fourth-order valence-electron chi connectivity index (χ4n) is 6.71. The Morgan fingerprint density at radius 1 is 0.712 bits per heavy atom. The van der Waals surface area contributed by atoms with Crippen molar-refractivity contribution < 1.29 is 27.7 Å². The largest absolute Gasteiger partial charge is 0.465 e. The number of methoxy groups -OCH3 is 1. The maximum atomic E-state index is 15.5. The van der Waals surface area contributed by atoms with E-state index in [1.165, 1.54) is 55.6 Å². The van der Waals surface area contributed by atoms with Gasteiger partial charge in [-0.15, -0.1) is 0 Å². The number of carbonyl (C=O) groups is 2. The summed E-state index contributed by atoms with van der Waals surface area (Å²) in [5.41, 5.74) is 1.67. The molecule has 6 aromatic carbocycles. The van der Waals surface area contributed by atoms with Crippen LogP contribution in [0.25, 0.3) is 11.1 Å². The van der Waals surface area contributed by atoms with Gasteiger partial charge in [0.2, 0.25) is 0 Å². The molecule has 258 valence electrons. The molecule has 0 atom stereocenters. The van der Waals surface area contributed by atoms with Crippen LogP contribution in [-0.2, 0) is 19.6 Å². The summed E-state index contributed by atoms with van der Waals surface area (Å²) in [6.07, 6.45) is 0. The standard InChI is InChI=1S/C41H31N2O7PS/c1-28-18-24-34(25-19-28)52(48,49)42-38-27-35(29-20-22-30(23-21-29)43(46)47)36(41(45)50-2)26-37(38)39(40(42)44)51(31-12-6-3-7-13-31,32-14-8-4-9-15-32)33-16-10-5-11-17-33/h3-27H,1-2H3. The van der Waals surface area contributed by atoms with Crippen LogP contribution in [0.4, 0.5) is 11.4 Å². The molecule has 1 amide bonds. The number of hydrogen-bond acceptors (Lipinski definition) is 7. The molecule has 0 unspecified atom stereocenters. The van der Waals surface area contributed by atoms with E-state index in [2.05, 4.69) is 0 Å². The van der Waals surface area contributed by atoms with E-state index in [0.29, 0.717) is 5.56 Å². The van der Waals surface area contributed by atoms with Crippen LogP contribution in [0.1, 0.15) is 21.5 Å². The van der Waals surface area contributed by atoms with Crippen LogP contribution >= 0.6 is 6.89 Å². The van der Waals surface area contributed by atoms with Crippen LogP contribution in [0, 0.1) is 17.0 Å². The van der Waals surface area contributed by atoms with Crippen LogP contribution in [0.3, 0.4) is 0 Å². The Bertz CT molecular complexity index is 2420. The second-order valence-corrected chi connectivity index (χ2v) is 17.2. The molecule has 9 nitrogen and oxygen atoms in total. The Labute approximate surface area is 300 Å². The Balaban J connectivity index is 1.69. The summed E-state index contributed by atoms with van der Waals surface area (Å²) in [7, 11) is -3.31. The number of nitro benzene ring substituents is 1. The summed E-state index contributed by atoms with van der Waals surface area (Å²) in [5, 5.41) is 14.1. The van der Waals surface area contributed by atoms with E-state index < -0.39 is 33.7 Å². The Kier molecular flexibility index (Phi) is 8.96. The third-order valence-electron chi connectivity index (χ3n) is 9.12. The number of non-ortho nitro benzene ring substituents is 1. The number of aryl methyl sites for hydroxylation is 1. The van der Waals surface area contributed by atoms with Gasteiger partial charge in [0, 0.05) is 17.7 Å². The summed E-state index contributed by atoms with van der Waals surface area (Å²) < 4.78 is 35.6.